The Kier molecular flexibility index (Phi) is 19.3. The number of carbonyl (C=O) groups is 4. The number of ether oxygens (including phenoxy) is 4. The average Bonchev–Trinajstić information content (AvgIpc) is 1.54. The molecule has 3 saturated carbocycles. The molecule has 2 aromatic carbocycles. The van der Waals surface area contributed by atoms with Crippen molar-refractivity contribution in [3.05, 3.63) is 108 Å². The Morgan fingerprint density at radius 2 is 1.39 bits per heavy atom. The zero-order valence-corrected chi connectivity index (χ0v) is 54.9. The minimum atomic E-state index is -0.308. The molecule has 2 aromatic heterocycles. The highest BCUT2D eigenvalue weighted by Crippen LogP contribution is 2.59. The molecular formula is C70H97N10O10+. The largest absolute Gasteiger partial charge is 0.379 e. The molecule has 7 heterocycles. The summed E-state index contributed by atoms with van der Waals surface area (Å²) in [7, 11) is 3.36. The number of rotatable bonds is 28. The van der Waals surface area contributed by atoms with Gasteiger partial charge in [0.25, 0.3) is 5.56 Å². The highest BCUT2D eigenvalue weighted by molar-refractivity contribution is 6.09. The SMILES string of the molecule is CCCn1c(=O)c2[nH]c(C34CCC(CCC(=O)N(C)CC(=O)NCCCOCCOCCOCCCNC(=O)CN(C)C(=O)Cc5ccc6c(c5)C(C)(C)C5=[N+]6CCC6OC7CCN8C(=C7C=C56)C(C)(C)c5cc(C)ccc58)(CC3)CC4)nc2n(CCC)c1=O. The molecule has 3 N–H and O–H groups in total. The van der Waals surface area contributed by atoms with Gasteiger partial charge in [-0.05, 0) is 133 Å². The van der Waals surface area contributed by atoms with Crippen LogP contribution in [-0.2, 0) is 73.9 Å². The van der Waals surface area contributed by atoms with Gasteiger partial charge in [0.05, 0.1) is 63.6 Å². The molecule has 486 valence electrons. The van der Waals surface area contributed by atoms with Crippen LogP contribution in [-0.4, -0.2) is 168 Å². The molecule has 3 aliphatic carbocycles. The molecule has 2 bridgehead atoms. The van der Waals surface area contributed by atoms with Crippen LogP contribution in [0.1, 0.15) is 160 Å². The van der Waals surface area contributed by atoms with E-state index in [9.17, 15) is 28.8 Å². The van der Waals surface area contributed by atoms with Gasteiger partial charge < -0.3 is 49.3 Å². The summed E-state index contributed by atoms with van der Waals surface area (Å²) < 4.78 is 29.6. The number of allylic oxidation sites excluding steroid dienone is 1. The maximum absolute atomic E-state index is 13.6. The number of hydrogen-bond acceptors (Lipinski definition) is 12. The van der Waals surface area contributed by atoms with Crippen molar-refractivity contribution < 1.29 is 42.7 Å². The number of carbonyl (C=O) groups excluding carboxylic acids is 4. The maximum atomic E-state index is 13.6. The first-order chi connectivity index (χ1) is 43.2. The maximum Gasteiger partial charge on any atom is 0.332 e. The summed E-state index contributed by atoms with van der Waals surface area (Å²) in [6.07, 6.45) is 14.2. The lowest BCUT2D eigenvalue weighted by molar-refractivity contribution is -0.445. The number of hydrogen-bond donors (Lipinski definition) is 3. The second-order valence-electron chi connectivity index (χ2n) is 27.7. The van der Waals surface area contributed by atoms with Crippen molar-refractivity contribution >= 4 is 51.9 Å². The Bertz CT molecular complexity index is 3600. The van der Waals surface area contributed by atoms with Crippen molar-refractivity contribution in [2.45, 2.75) is 186 Å². The highest BCUT2D eigenvalue weighted by Gasteiger charge is 2.55. The molecular weight excluding hydrogens is 1140 g/mol. The van der Waals surface area contributed by atoms with Gasteiger partial charge in [-0.25, -0.2) is 9.78 Å². The van der Waals surface area contributed by atoms with Crippen LogP contribution in [0.4, 0.5) is 11.4 Å². The van der Waals surface area contributed by atoms with E-state index in [1.54, 1.807) is 18.7 Å². The van der Waals surface area contributed by atoms with Crippen LogP contribution in [0.25, 0.3) is 11.2 Å². The van der Waals surface area contributed by atoms with Gasteiger partial charge in [-0.15, -0.1) is 0 Å². The topological polar surface area (TPSA) is 215 Å². The van der Waals surface area contributed by atoms with Gasteiger partial charge >= 0.3 is 5.69 Å². The number of aryl methyl sites for hydroxylation is 2. The lowest BCUT2D eigenvalue weighted by atomic mass is 9.52. The van der Waals surface area contributed by atoms with E-state index in [-0.39, 0.29) is 88.3 Å². The zero-order valence-electron chi connectivity index (χ0n) is 54.9. The fourth-order valence-corrected chi connectivity index (χ4v) is 15.8. The van der Waals surface area contributed by atoms with Crippen LogP contribution >= 0.6 is 0 Å². The summed E-state index contributed by atoms with van der Waals surface area (Å²) in [5.41, 5.74) is 12.3. The van der Waals surface area contributed by atoms with Crippen molar-refractivity contribution in [1.82, 2.24) is 39.5 Å². The Hall–Kier alpha value is -6.74. The Labute approximate surface area is 529 Å². The molecule has 0 spiro atoms. The smallest absolute Gasteiger partial charge is 0.332 e. The van der Waals surface area contributed by atoms with E-state index in [0.29, 0.717) is 103 Å². The van der Waals surface area contributed by atoms with Crippen LogP contribution in [0.5, 0.6) is 0 Å². The molecule has 2 unspecified atom stereocenters. The predicted octanol–water partition coefficient (Wildman–Crippen LogP) is 7.54. The van der Waals surface area contributed by atoms with Gasteiger partial charge in [-0.3, -0.25) is 33.1 Å². The van der Waals surface area contributed by atoms with Crippen molar-refractivity contribution in [3.63, 3.8) is 0 Å². The molecule has 4 amide bonds. The van der Waals surface area contributed by atoms with Crippen LogP contribution < -0.4 is 26.8 Å². The van der Waals surface area contributed by atoms with E-state index in [1.807, 2.05) is 13.8 Å². The summed E-state index contributed by atoms with van der Waals surface area (Å²) in [6, 6.07) is 13.3. The molecule has 0 radical (unpaired) electrons. The summed E-state index contributed by atoms with van der Waals surface area (Å²) in [5.74, 6) is 0.232. The number of imidazole rings is 1. The van der Waals surface area contributed by atoms with Crippen molar-refractivity contribution in [2.24, 2.45) is 5.41 Å². The van der Waals surface area contributed by atoms with Crippen molar-refractivity contribution in [2.75, 3.05) is 97.9 Å². The van der Waals surface area contributed by atoms with Crippen LogP contribution in [0, 0.1) is 12.3 Å². The molecule has 8 aliphatic rings. The number of aromatic amines is 1. The predicted molar refractivity (Wildman–Crippen MR) is 347 cm³/mol. The number of benzene rings is 2. The van der Waals surface area contributed by atoms with Crippen molar-refractivity contribution in [3.8, 4) is 0 Å². The van der Waals surface area contributed by atoms with Crippen molar-refractivity contribution in [1.29, 1.82) is 0 Å². The monoisotopic (exact) mass is 1240 g/mol. The molecule has 3 fully saturated rings. The Balaban J connectivity index is 0.517. The van der Waals surface area contributed by atoms with Gasteiger partial charge in [0, 0.05) is 118 Å². The van der Waals surface area contributed by atoms with Gasteiger partial charge in [0.15, 0.2) is 17.9 Å². The molecule has 20 heteroatoms. The third kappa shape index (κ3) is 12.8. The number of H-pyrrole nitrogens is 1. The number of nitrogens with one attached hydrogen (secondary N) is 3. The number of nitrogens with zero attached hydrogens (tertiary/aromatic N) is 7. The summed E-state index contributed by atoms with van der Waals surface area (Å²) in [5, 5.41) is 5.82. The van der Waals surface area contributed by atoms with Gasteiger partial charge in [-0.2, -0.15) is 4.58 Å². The third-order valence-electron chi connectivity index (χ3n) is 20.8. The lowest BCUT2D eigenvalue weighted by Crippen LogP contribution is -2.47. The first-order valence-electron chi connectivity index (χ1n) is 33.5. The molecule has 12 rings (SSSR count). The summed E-state index contributed by atoms with van der Waals surface area (Å²) in [4.78, 5) is 93.0. The highest BCUT2D eigenvalue weighted by atomic mass is 16.5. The van der Waals surface area contributed by atoms with E-state index < -0.39 is 0 Å². The number of likely N-dealkylation sites (N-methyl/N-ethyl adjacent to an activating group) is 2. The van der Waals surface area contributed by atoms with E-state index >= 15 is 0 Å². The molecule has 90 heavy (non-hydrogen) atoms. The fourth-order valence-electron chi connectivity index (χ4n) is 15.8. The van der Waals surface area contributed by atoms with Crippen LogP contribution in [0.15, 0.2) is 68.9 Å². The van der Waals surface area contributed by atoms with E-state index in [2.05, 4.69) is 102 Å². The Morgan fingerprint density at radius 1 is 0.756 bits per heavy atom. The molecule has 2 atom stereocenters. The Morgan fingerprint density at radius 3 is 2.04 bits per heavy atom. The lowest BCUT2D eigenvalue weighted by Gasteiger charge is -2.53. The standard InChI is InChI=1S/C70H96N10O10/c1-10-30-79-63-60(64(85)80(31-11-2)66(79)86)73-65(74-63)70-25-22-69(23-26-70,24-27-70)21-18-58(83)75(8)44-56(81)71-28-12-34-87-36-38-89-39-37-88-35-13-29-72-57(82)45-76(9)59(84)42-47-15-17-53-51(41-47)68(6,7)62-49-43-48-54(90-55(49)20-33-78(53)62)19-32-77-52-16-14-46(3)40-50(52)67(4,5)61(48)77/h14-17,40-41,43,54-55H,10-13,18-39,42,44-45H2,1-9H3,(H2-,71,72,73,74,81,82,85)/p+1. The third-order valence-corrected chi connectivity index (χ3v) is 20.8. The zero-order chi connectivity index (χ0) is 63.7. The fraction of sp³-hybridized carbons (Fsp3) is 0.629. The quantitative estimate of drug-likeness (QED) is 0.0372. The van der Waals surface area contributed by atoms with E-state index in [1.165, 1.54) is 65.0 Å². The number of anilines is 1. The van der Waals surface area contributed by atoms with Gasteiger partial charge in [-0.1, -0.05) is 51.5 Å². The van der Waals surface area contributed by atoms with Crippen LogP contribution in [0.3, 0.4) is 0 Å². The first-order valence-corrected chi connectivity index (χ1v) is 33.5. The number of aromatic nitrogens is 4. The van der Waals surface area contributed by atoms with Gasteiger partial charge in [0.2, 0.25) is 29.3 Å². The van der Waals surface area contributed by atoms with Crippen LogP contribution in [0.2, 0.25) is 0 Å². The second-order valence-corrected chi connectivity index (χ2v) is 27.7. The molecule has 4 aromatic rings. The molecule has 0 saturated heterocycles. The van der Waals surface area contributed by atoms with E-state index in [4.69, 9.17) is 23.9 Å². The number of fused-ring (bicyclic) bond motifs is 12. The minimum Gasteiger partial charge on any atom is -0.379 e. The average molecular weight is 1240 g/mol. The summed E-state index contributed by atoms with van der Waals surface area (Å²) >= 11 is 0. The second kappa shape index (κ2) is 26.8. The molecule has 20 nitrogen and oxygen atoms in total. The number of amides is 4. The minimum absolute atomic E-state index is 0.00241. The normalized spacial score (nSPS) is 22.4. The first kappa shape index (κ1) is 64.8. The van der Waals surface area contributed by atoms with Gasteiger partial charge in [0.1, 0.15) is 11.3 Å². The summed E-state index contributed by atoms with van der Waals surface area (Å²) in [6.45, 7) is 21.6. The molecule has 5 aliphatic heterocycles. The van der Waals surface area contributed by atoms with E-state index in [0.717, 1.165) is 88.7 Å².